The van der Waals surface area contributed by atoms with Gasteiger partial charge in [-0.2, -0.15) is 0 Å². The van der Waals surface area contributed by atoms with Gasteiger partial charge in [0.1, 0.15) is 12.3 Å². The topological polar surface area (TPSA) is 79.6 Å². The second kappa shape index (κ2) is 8.71. The number of benzene rings is 2. The molecule has 0 aliphatic rings. The summed E-state index contributed by atoms with van der Waals surface area (Å²) in [4.78, 5) is 12.7. The molecule has 0 saturated carbocycles. The maximum atomic E-state index is 13.3. The van der Waals surface area contributed by atoms with Crippen LogP contribution in [-0.4, -0.2) is 20.9 Å². The van der Waals surface area contributed by atoms with Gasteiger partial charge in [0.25, 0.3) is 10.0 Å². The van der Waals surface area contributed by atoms with Crippen molar-refractivity contribution in [2.75, 3.05) is 10.8 Å². The highest BCUT2D eigenvalue weighted by atomic mass is 35.5. The Morgan fingerprint density at radius 3 is 2.45 bits per heavy atom. The van der Waals surface area contributed by atoms with Crippen LogP contribution in [0, 0.1) is 13.8 Å². The first-order chi connectivity index (χ1) is 13.8. The van der Waals surface area contributed by atoms with Crippen LogP contribution in [0.2, 0.25) is 5.02 Å². The number of hydrogen-bond donors (Lipinski definition) is 1. The number of rotatable bonds is 7. The van der Waals surface area contributed by atoms with E-state index in [0.717, 1.165) is 9.87 Å². The average molecular weight is 433 g/mol. The molecule has 1 amide bonds. The number of carbonyl (C=O) groups excluding carboxylic acids is 1. The molecule has 0 saturated heterocycles. The highest BCUT2D eigenvalue weighted by molar-refractivity contribution is 7.92. The maximum absolute atomic E-state index is 13.3. The van der Waals surface area contributed by atoms with E-state index in [2.05, 4.69) is 5.32 Å². The van der Waals surface area contributed by atoms with Crippen molar-refractivity contribution in [2.24, 2.45) is 0 Å². The van der Waals surface area contributed by atoms with Crippen molar-refractivity contribution in [3.8, 4) is 0 Å². The third-order valence-corrected chi connectivity index (χ3v) is 6.37. The van der Waals surface area contributed by atoms with Gasteiger partial charge < -0.3 is 9.73 Å². The van der Waals surface area contributed by atoms with E-state index in [-0.39, 0.29) is 18.0 Å². The largest absolute Gasteiger partial charge is 0.467 e. The highest BCUT2D eigenvalue weighted by Crippen LogP contribution is 2.29. The molecular weight excluding hydrogens is 412 g/mol. The second-order valence-electron chi connectivity index (χ2n) is 6.61. The summed E-state index contributed by atoms with van der Waals surface area (Å²) in [7, 11) is -3.97. The molecule has 1 heterocycles. The van der Waals surface area contributed by atoms with Gasteiger partial charge in [-0.3, -0.25) is 9.10 Å². The molecule has 1 N–H and O–H groups in total. The van der Waals surface area contributed by atoms with E-state index >= 15 is 0 Å². The van der Waals surface area contributed by atoms with Gasteiger partial charge in [-0.25, -0.2) is 8.42 Å². The van der Waals surface area contributed by atoms with Crippen LogP contribution in [0.15, 0.2) is 70.2 Å². The van der Waals surface area contributed by atoms with Crippen molar-refractivity contribution < 1.29 is 17.6 Å². The minimum atomic E-state index is -3.97. The number of sulfonamides is 1. The number of nitrogens with one attached hydrogen (secondary N) is 1. The van der Waals surface area contributed by atoms with Gasteiger partial charge in [-0.05, 0) is 61.9 Å². The smallest absolute Gasteiger partial charge is 0.264 e. The molecule has 0 bridgehead atoms. The number of halogens is 1. The molecule has 29 heavy (non-hydrogen) atoms. The van der Waals surface area contributed by atoms with Crippen LogP contribution in [-0.2, 0) is 21.4 Å². The molecule has 0 spiro atoms. The van der Waals surface area contributed by atoms with Crippen LogP contribution < -0.4 is 9.62 Å². The third kappa shape index (κ3) is 4.99. The predicted molar refractivity (Wildman–Crippen MR) is 112 cm³/mol. The van der Waals surface area contributed by atoms with Gasteiger partial charge >= 0.3 is 0 Å². The summed E-state index contributed by atoms with van der Waals surface area (Å²) in [6.07, 6.45) is 1.51. The summed E-state index contributed by atoms with van der Waals surface area (Å²) in [5.41, 5.74) is 1.98. The fourth-order valence-electron chi connectivity index (χ4n) is 2.82. The van der Waals surface area contributed by atoms with E-state index in [9.17, 15) is 13.2 Å². The summed E-state index contributed by atoms with van der Waals surface area (Å²) in [5.74, 6) is 0.125. The fourth-order valence-corrected chi connectivity index (χ4v) is 4.53. The Labute approximate surface area is 175 Å². The van der Waals surface area contributed by atoms with E-state index in [1.54, 1.807) is 49.4 Å². The zero-order valence-corrected chi connectivity index (χ0v) is 17.6. The molecule has 6 nitrogen and oxygen atoms in total. The Kier molecular flexibility index (Phi) is 6.30. The van der Waals surface area contributed by atoms with E-state index < -0.39 is 15.9 Å². The number of nitrogens with zero attached hydrogens (tertiary/aromatic N) is 1. The Morgan fingerprint density at radius 2 is 1.83 bits per heavy atom. The molecule has 2 aromatic carbocycles. The molecule has 0 radical (unpaired) electrons. The van der Waals surface area contributed by atoms with E-state index in [0.29, 0.717) is 22.0 Å². The van der Waals surface area contributed by atoms with Gasteiger partial charge in [0.15, 0.2) is 0 Å². The quantitative estimate of drug-likeness (QED) is 0.610. The van der Waals surface area contributed by atoms with Crippen molar-refractivity contribution >= 4 is 33.2 Å². The molecule has 3 rings (SSSR count). The zero-order chi connectivity index (χ0) is 21.0. The van der Waals surface area contributed by atoms with Gasteiger partial charge in [-0.1, -0.05) is 29.3 Å². The minimum absolute atomic E-state index is 0.108. The van der Waals surface area contributed by atoms with Crippen molar-refractivity contribution in [1.82, 2.24) is 5.32 Å². The number of aryl methyl sites for hydroxylation is 2. The van der Waals surface area contributed by atoms with Crippen molar-refractivity contribution in [3.63, 3.8) is 0 Å². The van der Waals surface area contributed by atoms with Crippen LogP contribution in [0.25, 0.3) is 0 Å². The predicted octanol–water partition coefficient (Wildman–Crippen LogP) is 4.06. The van der Waals surface area contributed by atoms with Gasteiger partial charge in [-0.15, -0.1) is 0 Å². The number of anilines is 1. The van der Waals surface area contributed by atoms with Crippen LogP contribution in [0.4, 0.5) is 5.69 Å². The summed E-state index contributed by atoms with van der Waals surface area (Å²) in [5, 5.41) is 3.17. The first-order valence-electron chi connectivity index (χ1n) is 8.92. The Hall–Kier alpha value is -2.77. The van der Waals surface area contributed by atoms with Crippen molar-refractivity contribution in [1.29, 1.82) is 0 Å². The molecule has 0 fully saturated rings. The molecular formula is C21H21ClN2O4S. The molecule has 0 aliphatic carbocycles. The van der Waals surface area contributed by atoms with E-state index in [4.69, 9.17) is 16.0 Å². The molecule has 3 aromatic rings. The Bertz CT molecular complexity index is 1090. The first kappa shape index (κ1) is 21.0. The Morgan fingerprint density at radius 1 is 1.10 bits per heavy atom. The fraction of sp³-hybridized carbons (Fsp3) is 0.190. The van der Waals surface area contributed by atoms with Crippen LogP contribution in [0.1, 0.15) is 16.9 Å². The standard InChI is InChI=1S/C21H21ClN2O4S/c1-15-5-8-19(9-6-15)29(26,27)24(20-10-7-17(22)12-16(20)2)14-21(25)23-13-18-4-3-11-28-18/h3-12H,13-14H2,1-2H3,(H,23,25). The lowest BCUT2D eigenvalue weighted by Gasteiger charge is -2.25. The number of furan rings is 1. The van der Waals surface area contributed by atoms with Crippen molar-refractivity contribution in [3.05, 3.63) is 82.8 Å². The molecule has 0 atom stereocenters. The number of amides is 1. The zero-order valence-electron chi connectivity index (χ0n) is 16.1. The van der Waals surface area contributed by atoms with Gasteiger partial charge in [0.2, 0.25) is 5.91 Å². The monoisotopic (exact) mass is 432 g/mol. The maximum Gasteiger partial charge on any atom is 0.264 e. The molecule has 8 heteroatoms. The van der Waals surface area contributed by atoms with E-state index in [1.807, 2.05) is 6.92 Å². The third-order valence-electron chi connectivity index (χ3n) is 4.36. The molecule has 0 aliphatic heterocycles. The lowest BCUT2D eigenvalue weighted by Crippen LogP contribution is -2.41. The highest BCUT2D eigenvalue weighted by Gasteiger charge is 2.28. The number of carbonyl (C=O) groups is 1. The summed E-state index contributed by atoms with van der Waals surface area (Å²) in [6.45, 7) is 3.42. The second-order valence-corrected chi connectivity index (χ2v) is 8.91. The normalized spacial score (nSPS) is 11.3. The lowest BCUT2D eigenvalue weighted by atomic mass is 10.2. The van der Waals surface area contributed by atoms with Crippen LogP contribution >= 0.6 is 11.6 Å². The molecule has 152 valence electrons. The minimum Gasteiger partial charge on any atom is -0.467 e. The van der Waals surface area contributed by atoms with Gasteiger partial charge in [0, 0.05) is 5.02 Å². The summed E-state index contributed by atoms with van der Waals surface area (Å²) < 4.78 is 33.0. The lowest BCUT2D eigenvalue weighted by molar-refractivity contribution is -0.119. The summed E-state index contributed by atoms with van der Waals surface area (Å²) >= 11 is 6.03. The number of hydrogen-bond acceptors (Lipinski definition) is 4. The molecule has 0 unspecified atom stereocenters. The average Bonchev–Trinajstić information content (AvgIpc) is 3.19. The van der Waals surface area contributed by atoms with Crippen LogP contribution in [0.3, 0.4) is 0 Å². The van der Waals surface area contributed by atoms with Gasteiger partial charge in [0.05, 0.1) is 23.4 Å². The first-order valence-corrected chi connectivity index (χ1v) is 10.7. The molecule has 1 aromatic heterocycles. The summed E-state index contributed by atoms with van der Waals surface area (Å²) in [6, 6.07) is 14.8. The SMILES string of the molecule is Cc1ccc(S(=O)(=O)N(CC(=O)NCc2ccco2)c2ccc(Cl)cc2C)cc1. The van der Waals surface area contributed by atoms with Crippen LogP contribution in [0.5, 0.6) is 0 Å². The van der Waals surface area contributed by atoms with Crippen molar-refractivity contribution in [2.45, 2.75) is 25.3 Å². The van der Waals surface area contributed by atoms with E-state index in [1.165, 1.54) is 18.4 Å². The Balaban J connectivity index is 1.92.